The van der Waals surface area contributed by atoms with Gasteiger partial charge in [0.25, 0.3) is 5.91 Å². The maximum atomic E-state index is 12.4. The number of amides is 1. The van der Waals surface area contributed by atoms with Crippen molar-refractivity contribution in [1.82, 2.24) is 9.47 Å². The molecule has 0 aliphatic heterocycles. The number of aromatic nitrogens is 1. The van der Waals surface area contributed by atoms with E-state index in [4.69, 9.17) is 0 Å². The van der Waals surface area contributed by atoms with Gasteiger partial charge in [0.1, 0.15) is 5.69 Å². The standard InChI is InChI=1S/C14H21BrN2O2/c1-3-17-9-11(15)8-12(17)13(18)16(2)10-14(19)6-4-5-7-14/h8-9,19H,3-7,10H2,1-2H3. The molecule has 0 unspecified atom stereocenters. The molecule has 1 amide bonds. The topological polar surface area (TPSA) is 45.5 Å². The van der Waals surface area contributed by atoms with E-state index in [2.05, 4.69) is 15.9 Å². The number of carbonyl (C=O) groups excluding carboxylic acids is 1. The largest absolute Gasteiger partial charge is 0.388 e. The fourth-order valence-electron chi connectivity index (χ4n) is 2.82. The van der Waals surface area contributed by atoms with Crippen molar-refractivity contribution in [2.24, 2.45) is 0 Å². The van der Waals surface area contributed by atoms with E-state index in [1.54, 1.807) is 11.9 Å². The second-order valence-electron chi connectivity index (χ2n) is 5.42. The molecule has 0 saturated heterocycles. The minimum atomic E-state index is -0.689. The van der Waals surface area contributed by atoms with Gasteiger partial charge in [-0.1, -0.05) is 12.8 Å². The number of rotatable bonds is 4. The summed E-state index contributed by atoms with van der Waals surface area (Å²) in [6, 6.07) is 1.83. The number of hydrogen-bond donors (Lipinski definition) is 1. The molecule has 0 atom stereocenters. The molecular weight excluding hydrogens is 308 g/mol. The highest BCUT2D eigenvalue weighted by atomic mass is 79.9. The zero-order valence-electron chi connectivity index (χ0n) is 11.5. The van der Waals surface area contributed by atoms with Gasteiger partial charge in [0.15, 0.2) is 0 Å². The van der Waals surface area contributed by atoms with Gasteiger partial charge in [0, 0.05) is 30.8 Å². The summed E-state index contributed by atoms with van der Waals surface area (Å²) < 4.78 is 2.83. The van der Waals surface area contributed by atoms with Crippen LogP contribution in [-0.4, -0.2) is 39.7 Å². The lowest BCUT2D eigenvalue weighted by molar-refractivity contribution is 0.0153. The van der Waals surface area contributed by atoms with Crippen LogP contribution in [0.2, 0.25) is 0 Å². The molecule has 106 valence electrons. The molecule has 1 heterocycles. The van der Waals surface area contributed by atoms with Gasteiger partial charge in [0.05, 0.1) is 5.60 Å². The normalized spacial score (nSPS) is 17.7. The van der Waals surface area contributed by atoms with Gasteiger partial charge in [-0.05, 0) is 41.8 Å². The van der Waals surface area contributed by atoms with Crippen molar-refractivity contribution >= 4 is 21.8 Å². The third-order valence-electron chi connectivity index (χ3n) is 3.84. The van der Waals surface area contributed by atoms with Crippen LogP contribution in [0, 0.1) is 0 Å². The Morgan fingerprint density at radius 1 is 1.53 bits per heavy atom. The third-order valence-corrected chi connectivity index (χ3v) is 4.27. The molecule has 0 radical (unpaired) electrons. The van der Waals surface area contributed by atoms with Crippen molar-refractivity contribution in [3.8, 4) is 0 Å². The van der Waals surface area contributed by atoms with Crippen LogP contribution in [0.25, 0.3) is 0 Å². The number of nitrogens with zero attached hydrogens (tertiary/aromatic N) is 2. The molecule has 2 rings (SSSR count). The highest BCUT2D eigenvalue weighted by molar-refractivity contribution is 9.10. The van der Waals surface area contributed by atoms with Crippen LogP contribution in [0.4, 0.5) is 0 Å². The van der Waals surface area contributed by atoms with E-state index in [9.17, 15) is 9.90 Å². The molecule has 1 fully saturated rings. The van der Waals surface area contributed by atoms with Crippen LogP contribution in [0.5, 0.6) is 0 Å². The zero-order chi connectivity index (χ0) is 14.0. The predicted octanol–water partition coefficient (Wildman–Crippen LogP) is 2.65. The van der Waals surface area contributed by atoms with Crippen molar-refractivity contribution in [2.45, 2.75) is 44.8 Å². The summed E-state index contributed by atoms with van der Waals surface area (Å²) in [6.07, 6.45) is 5.60. The molecule has 1 N–H and O–H groups in total. The fraction of sp³-hybridized carbons (Fsp3) is 0.643. The minimum Gasteiger partial charge on any atom is -0.388 e. The molecule has 1 aliphatic carbocycles. The maximum absolute atomic E-state index is 12.4. The van der Waals surface area contributed by atoms with Gasteiger partial charge in [-0.3, -0.25) is 4.79 Å². The Morgan fingerprint density at radius 3 is 2.74 bits per heavy atom. The Bertz CT molecular complexity index is 464. The second-order valence-corrected chi connectivity index (χ2v) is 6.34. The number of aliphatic hydroxyl groups is 1. The summed E-state index contributed by atoms with van der Waals surface area (Å²) in [7, 11) is 1.76. The average molecular weight is 329 g/mol. The number of aryl methyl sites for hydroxylation is 1. The molecule has 1 aromatic heterocycles. The summed E-state index contributed by atoms with van der Waals surface area (Å²) in [6.45, 7) is 3.18. The third kappa shape index (κ3) is 3.20. The molecule has 1 aromatic rings. The van der Waals surface area contributed by atoms with Crippen LogP contribution >= 0.6 is 15.9 Å². The fourth-order valence-corrected chi connectivity index (χ4v) is 3.28. The lowest BCUT2D eigenvalue weighted by atomic mass is 10.0. The lowest BCUT2D eigenvalue weighted by Gasteiger charge is -2.28. The summed E-state index contributed by atoms with van der Waals surface area (Å²) in [4.78, 5) is 14.1. The Balaban J connectivity index is 2.10. The zero-order valence-corrected chi connectivity index (χ0v) is 13.1. The summed E-state index contributed by atoms with van der Waals surface area (Å²) >= 11 is 3.40. The van der Waals surface area contributed by atoms with Crippen molar-refractivity contribution in [2.75, 3.05) is 13.6 Å². The first-order valence-electron chi connectivity index (χ1n) is 6.79. The molecule has 0 bridgehead atoms. The Hall–Kier alpha value is -0.810. The smallest absolute Gasteiger partial charge is 0.270 e. The van der Waals surface area contributed by atoms with Crippen LogP contribution in [-0.2, 0) is 6.54 Å². The van der Waals surface area contributed by atoms with E-state index in [0.717, 1.165) is 36.7 Å². The van der Waals surface area contributed by atoms with Gasteiger partial charge in [-0.25, -0.2) is 0 Å². The van der Waals surface area contributed by atoms with E-state index in [-0.39, 0.29) is 5.91 Å². The Kier molecular flexibility index (Phi) is 4.36. The van der Waals surface area contributed by atoms with Gasteiger partial charge in [-0.15, -0.1) is 0 Å². The summed E-state index contributed by atoms with van der Waals surface area (Å²) in [5.41, 5.74) is -0.0240. The van der Waals surface area contributed by atoms with Crippen molar-refractivity contribution in [3.63, 3.8) is 0 Å². The summed E-state index contributed by atoms with van der Waals surface area (Å²) in [5, 5.41) is 10.4. The van der Waals surface area contributed by atoms with Crippen molar-refractivity contribution in [3.05, 3.63) is 22.4 Å². The van der Waals surface area contributed by atoms with Crippen LogP contribution < -0.4 is 0 Å². The van der Waals surface area contributed by atoms with Gasteiger partial charge >= 0.3 is 0 Å². The average Bonchev–Trinajstić information content (AvgIpc) is 2.94. The Morgan fingerprint density at radius 2 is 2.16 bits per heavy atom. The highest BCUT2D eigenvalue weighted by Gasteiger charge is 2.34. The van der Waals surface area contributed by atoms with Gasteiger partial charge in [0.2, 0.25) is 0 Å². The van der Waals surface area contributed by atoms with Gasteiger partial charge < -0.3 is 14.6 Å². The molecule has 5 heteroatoms. The SMILES string of the molecule is CCn1cc(Br)cc1C(=O)N(C)CC1(O)CCCC1. The minimum absolute atomic E-state index is 0.0344. The number of carbonyl (C=O) groups is 1. The molecular formula is C14H21BrN2O2. The molecule has 0 aromatic carbocycles. The van der Waals surface area contributed by atoms with E-state index >= 15 is 0 Å². The first kappa shape index (κ1) is 14.6. The Labute approximate surface area is 122 Å². The van der Waals surface area contributed by atoms with E-state index in [1.807, 2.05) is 23.8 Å². The van der Waals surface area contributed by atoms with E-state index < -0.39 is 5.60 Å². The van der Waals surface area contributed by atoms with Crippen LogP contribution in [0.3, 0.4) is 0 Å². The quantitative estimate of drug-likeness (QED) is 0.923. The molecule has 1 aliphatic rings. The number of likely N-dealkylation sites (N-methyl/N-ethyl adjacent to an activating group) is 1. The van der Waals surface area contributed by atoms with Crippen molar-refractivity contribution in [1.29, 1.82) is 0 Å². The first-order valence-corrected chi connectivity index (χ1v) is 7.58. The van der Waals surface area contributed by atoms with E-state index in [0.29, 0.717) is 12.2 Å². The molecule has 4 nitrogen and oxygen atoms in total. The number of hydrogen-bond acceptors (Lipinski definition) is 2. The van der Waals surface area contributed by atoms with E-state index in [1.165, 1.54) is 0 Å². The molecule has 1 saturated carbocycles. The van der Waals surface area contributed by atoms with Crippen molar-refractivity contribution < 1.29 is 9.90 Å². The van der Waals surface area contributed by atoms with Crippen LogP contribution in [0.15, 0.2) is 16.7 Å². The molecule has 0 spiro atoms. The van der Waals surface area contributed by atoms with Crippen LogP contribution in [0.1, 0.15) is 43.1 Å². The number of halogens is 1. The van der Waals surface area contributed by atoms with Gasteiger partial charge in [-0.2, -0.15) is 0 Å². The summed E-state index contributed by atoms with van der Waals surface area (Å²) in [5.74, 6) is -0.0344. The lowest BCUT2D eigenvalue weighted by Crippen LogP contribution is -2.42. The first-order chi connectivity index (χ1) is 8.95. The second kappa shape index (κ2) is 5.67. The monoisotopic (exact) mass is 328 g/mol. The molecule has 19 heavy (non-hydrogen) atoms. The maximum Gasteiger partial charge on any atom is 0.270 e. The highest BCUT2D eigenvalue weighted by Crippen LogP contribution is 2.30. The predicted molar refractivity (Wildman–Crippen MR) is 78.2 cm³/mol.